The van der Waals surface area contributed by atoms with Crippen LogP contribution in [0.2, 0.25) is 0 Å². The van der Waals surface area contributed by atoms with E-state index < -0.39 is 5.63 Å². The van der Waals surface area contributed by atoms with Gasteiger partial charge in [-0.05, 0) is 36.8 Å². The highest BCUT2D eigenvalue weighted by molar-refractivity contribution is 7.22. The zero-order valence-corrected chi connectivity index (χ0v) is 14.6. The normalized spacial score (nSPS) is 11.1. The van der Waals surface area contributed by atoms with Crippen molar-refractivity contribution in [2.45, 2.75) is 13.3 Å². The van der Waals surface area contributed by atoms with Gasteiger partial charge in [0, 0.05) is 11.5 Å². The summed E-state index contributed by atoms with van der Waals surface area (Å²) in [6.45, 7) is 1.76. The van der Waals surface area contributed by atoms with Crippen LogP contribution in [0, 0.1) is 6.92 Å². The summed E-state index contributed by atoms with van der Waals surface area (Å²) in [5.74, 6) is -0.320. The molecule has 2 aromatic carbocycles. The number of nitrogens with one attached hydrogen (secondary N) is 1. The molecule has 26 heavy (non-hydrogen) atoms. The van der Waals surface area contributed by atoms with E-state index in [4.69, 9.17) is 4.42 Å². The number of aromatic nitrogens is 1. The molecule has 7 heteroatoms. The first-order valence-corrected chi connectivity index (χ1v) is 8.73. The monoisotopic (exact) mass is 366 g/mol. The number of phenolic OH excluding ortho intramolecular Hbond substituents is 1. The fourth-order valence-corrected chi connectivity index (χ4v) is 3.72. The maximum absolute atomic E-state index is 12.4. The molecule has 4 aromatic rings. The van der Waals surface area contributed by atoms with Crippen molar-refractivity contribution in [3.8, 4) is 5.75 Å². The zero-order valence-electron chi connectivity index (χ0n) is 13.8. The van der Waals surface area contributed by atoms with Gasteiger partial charge >= 0.3 is 5.63 Å². The third-order valence-corrected chi connectivity index (χ3v) is 5.10. The summed E-state index contributed by atoms with van der Waals surface area (Å²) in [5, 5.41) is 13.4. The number of hydrogen-bond donors (Lipinski definition) is 2. The van der Waals surface area contributed by atoms with Crippen LogP contribution in [0.5, 0.6) is 5.75 Å². The van der Waals surface area contributed by atoms with Crippen LogP contribution in [0.4, 0.5) is 5.13 Å². The highest BCUT2D eigenvalue weighted by Crippen LogP contribution is 2.26. The van der Waals surface area contributed by atoms with E-state index in [1.807, 2.05) is 24.3 Å². The number of carbonyl (C=O) groups excluding carboxylic acids is 1. The average Bonchev–Trinajstić information content (AvgIpc) is 3.00. The molecule has 0 bridgehead atoms. The predicted molar refractivity (Wildman–Crippen MR) is 101 cm³/mol. The summed E-state index contributed by atoms with van der Waals surface area (Å²) in [4.78, 5) is 29.0. The largest absolute Gasteiger partial charge is 0.508 e. The van der Waals surface area contributed by atoms with Crippen molar-refractivity contribution in [3.63, 3.8) is 0 Å². The van der Waals surface area contributed by atoms with Gasteiger partial charge in [0.05, 0.1) is 22.2 Å². The first-order chi connectivity index (χ1) is 12.5. The second-order valence-electron chi connectivity index (χ2n) is 5.89. The summed E-state index contributed by atoms with van der Waals surface area (Å²) in [6.07, 6.45) is -0.110. The summed E-state index contributed by atoms with van der Waals surface area (Å²) in [7, 11) is 0. The third-order valence-electron chi connectivity index (χ3n) is 4.15. The van der Waals surface area contributed by atoms with Crippen LogP contribution in [0.1, 0.15) is 11.1 Å². The molecule has 4 rings (SSSR count). The van der Waals surface area contributed by atoms with Crippen molar-refractivity contribution < 1.29 is 14.3 Å². The predicted octanol–water partition coefficient (Wildman–Crippen LogP) is 3.60. The summed E-state index contributed by atoms with van der Waals surface area (Å²) < 4.78 is 6.22. The number of anilines is 1. The van der Waals surface area contributed by atoms with Gasteiger partial charge in [0.2, 0.25) is 5.91 Å². The van der Waals surface area contributed by atoms with Crippen molar-refractivity contribution >= 4 is 43.6 Å². The van der Waals surface area contributed by atoms with Crippen LogP contribution >= 0.6 is 11.3 Å². The van der Waals surface area contributed by atoms with E-state index in [-0.39, 0.29) is 18.1 Å². The van der Waals surface area contributed by atoms with Gasteiger partial charge in [-0.15, -0.1) is 0 Å². The summed E-state index contributed by atoms with van der Waals surface area (Å²) in [6, 6.07) is 12.2. The van der Waals surface area contributed by atoms with E-state index in [9.17, 15) is 14.7 Å². The van der Waals surface area contributed by atoms with Gasteiger partial charge in [0.1, 0.15) is 11.3 Å². The molecule has 2 heterocycles. The molecule has 2 aromatic heterocycles. The standard InChI is InChI=1S/C19H14N2O4S/c1-10-12-7-6-11(22)8-15(12)25-18(24)13(10)9-17(23)21-19-20-14-4-2-3-5-16(14)26-19/h2-8,22H,9H2,1H3,(H,20,21,23). The van der Waals surface area contributed by atoms with Crippen LogP contribution in [0.3, 0.4) is 0 Å². The molecular weight excluding hydrogens is 352 g/mol. The Hall–Kier alpha value is -3.19. The Kier molecular flexibility index (Phi) is 3.93. The van der Waals surface area contributed by atoms with Crippen molar-refractivity contribution in [2.75, 3.05) is 5.32 Å². The minimum Gasteiger partial charge on any atom is -0.508 e. The van der Waals surface area contributed by atoms with Gasteiger partial charge in [-0.3, -0.25) is 4.79 Å². The first-order valence-electron chi connectivity index (χ1n) is 7.92. The van der Waals surface area contributed by atoms with Crippen molar-refractivity contribution in [2.24, 2.45) is 0 Å². The minimum absolute atomic E-state index is 0.0152. The maximum atomic E-state index is 12.4. The van der Waals surface area contributed by atoms with Crippen LogP contribution in [-0.2, 0) is 11.2 Å². The quantitative estimate of drug-likeness (QED) is 0.541. The van der Waals surface area contributed by atoms with Crippen molar-refractivity contribution in [1.82, 2.24) is 4.98 Å². The number of carbonyl (C=O) groups is 1. The number of amides is 1. The maximum Gasteiger partial charge on any atom is 0.340 e. The van der Waals surface area contributed by atoms with E-state index in [0.29, 0.717) is 27.2 Å². The number of rotatable bonds is 3. The lowest BCUT2D eigenvalue weighted by Crippen LogP contribution is -2.20. The number of aromatic hydroxyl groups is 1. The number of benzene rings is 2. The molecule has 2 N–H and O–H groups in total. The van der Waals surface area contributed by atoms with Crippen LogP contribution in [-0.4, -0.2) is 16.0 Å². The molecule has 0 aliphatic carbocycles. The van der Waals surface area contributed by atoms with Gasteiger partial charge < -0.3 is 14.8 Å². The molecule has 0 fully saturated rings. The molecule has 0 saturated heterocycles. The second-order valence-corrected chi connectivity index (χ2v) is 6.92. The number of nitrogens with zero attached hydrogens (tertiary/aromatic N) is 1. The van der Waals surface area contributed by atoms with Gasteiger partial charge in [-0.2, -0.15) is 0 Å². The molecule has 0 saturated carbocycles. The van der Waals surface area contributed by atoms with Crippen molar-refractivity contribution in [3.05, 3.63) is 64.0 Å². The van der Waals surface area contributed by atoms with Crippen molar-refractivity contribution in [1.29, 1.82) is 0 Å². The highest BCUT2D eigenvalue weighted by atomic mass is 32.1. The van der Waals surface area contributed by atoms with Gasteiger partial charge in [-0.25, -0.2) is 9.78 Å². The Labute approximate surface area is 151 Å². The number of fused-ring (bicyclic) bond motifs is 2. The number of thiazole rings is 1. The lowest BCUT2D eigenvalue weighted by Gasteiger charge is -2.07. The molecule has 0 atom stereocenters. The van der Waals surface area contributed by atoms with E-state index in [1.165, 1.54) is 23.5 Å². The highest BCUT2D eigenvalue weighted by Gasteiger charge is 2.16. The number of hydrogen-bond acceptors (Lipinski definition) is 6. The van der Waals surface area contributed by atoms with Crippen LogP contribution < -0.4 is 10.9 Å². The van der Waals surface area contributed by atoms with E-state index in [1.54, 1.807) is 13.0 Å². The molecular formula is C19H14N2O4S. The topological polar surface area (TPSA) is 92.4 Å². The van der Waals surface area contributed by atoms with Gasteiger partial charge in [0.25, 0.3) is 0 Å². The molecule has 6 nitrogen and oxygen atoms in total. The SMILES string of the molecule is Cc1c(CC(=O)Nc2nc3ccccc3s2)c(=O)oc2cc(O)ccc12. The Morgan fingerprint density at radius 1 is 1.27 bits per heavy atom. The molecule has 0 unspecified atom stereocenters. The van der Waals surface area contributed by atoms with Gasteiger partial charge in [0.15, 0.2) is 5.13 Å². The molecule has 0 spiro atoms. The van der Waals surface area contributed by atoms with Crippen LogP contribution in [0.15, 0.2) is 51.7 Å². The number of aryl methyl sites for hydroxylation is 1. The second kappa shape index (κ2) is 6.27. The fraction of sp³-hybridized carbons (Fsp3) is 0.105. The summed E-state index contributed by atoms with van der Waals surface area (Å²) in [5.41, 5.74) is 1.48. The summed E-state index contributed by atoms with van der Waals surface area (Å²) >= 11 is 1.38. The lowest BCUT2D eigenvalue weighted by atomic mass is 10.0. The van der Waals surface area contributed by atoms with E-state index in [0.717, 1.165) is 10.2 Å². The number of phenols is 1. The minimum atomic E-state index is -0.583. The fourth-order valence-electron chi connectivity index (χ4n) is 2.84. The Morgan fingerprint density at radius 3 is 2.88 bits per heavy atom. The zero-order chi connectivity index (χ0) is 18.3. The Balaban J connectivity index is 1.63. The molecule has 0 aliphatic heterocycles. The van der Waals surface area contributed by atoms with Crippen LogP contribution in [0.25, 0.3) is 21.2 Å². The average molecular weight is 366 g/mol. The molecule has 130 valence electrons. The molecule has 1 amide bonds. The van der Waals surface area contributed by atoms with Gasteiger partial charge in [-0.1, -0.05) is 23.5 Å². The Bertz CT molecular complexity index is 1180. The third kappa shape index (κ3) is 2.93. The molecule has 0 aliphatic rings. The smallest absolute Gasteiger partial charge is 0.340 e. The Morgan fingerprint density at radius 2 is 2.08 bits per heavy atom. The lowest BCUT2D eigenvalue weighted by molar-refractivity contribution is -0.115. The van der Waals surface area contributed by atoms with E-state index in [2.05, 4.69) is 10.3 Å². The van der Waals surface area contributed by atoms with E-state index >= 15 is 0 Å². The first kappa shape index (κ1) is 16.3. The number of para-hydroxylation sites is 1. The molecule has 0 radical (unpaired) electrons.